The highest BCUT2D eigenvalue weighted by atomic mass is 32.1. The van der Waals surface area contributed by atoms with E-state index in [0.717, 1.165) is 12.1 Å². The molecule has 2 aromatic heterocycles. The number of hydrogen-bond acceptors (Lipinski definition) is 3. The minimum absolute atomic E-state index is 0.236. The van der Waals surface area contributed by atoms with Crippen LogP contribution < -0.4 is 0 Å². The number of aliphatic hydroxyl groups excluding tert-OH is 1. The number of aryl methyl sites for hydroxylation is 2. The molecule has 0 saturated carbocycles. The first kappa shape index (κ1) is 11.0. The molecule has 0 saturated heterocycles. The number of fused-ring (bicyclic) bond motifs is 1. The quantitative estimate of drug-likeness (QED) is 0.887. The molecule has 4 heteroatoms. The Kier molecular flexibility index (Phi) is 2.76. The standard InChI is InChI=1S/C13H16N2OS/c1-15-11(5-7-14-15)13(16)10-3-2-4-12-9(10)6-8-17-12/h5-8,10,13,16H,2-4H2,1H3. The molecule has 2 atom stereocenters. The highest BCUT2D eigenvalue weighted by Crippen LogP contribution is 2.41. The first-order valence-corrected chi connectivity index (χ1v) is 6.87. The summed E-state index contributed by atoms with van der Waals surface area (Å²) in [6.45, 7) is 0. The number of aliphatic hydroxyl groups is 1. The first-order valence-electron chi connectivity index (χ1n) is 5.99. The Morgan fingerprint density at radius 2 is 2.41 bits per heavy atom. The molecule has 1 aliphatic rings. The summed E-state index contributed by atoms with van der Waals surface area (Å²) in [6.07, 6.45) is 4.72. The van der Waals surface area contributed by atoms with Gasteiger partial charge in [0.25, 0.3) is 0 Å². The van der Waals surface area contributed by atoms with Crippen LogP contribution >= 0.6 is 11.3 Å². The Bertz CT molecular complexity index is 517. The van der Waals surface area contributed by atoms with E-state index < -0.39 is 6.10 Å². The van der Waals surface area contributed by atoms with E-state index in [4.69, 9.17) is 0 Å². The number of aromatic nitrogens is 2. The average molecular weight is 248 g/mol. The molecule has 17 heavy (non-hydrogen) atoms. The van der Waals surface area contributed by atoms with E-state index in [-0.39, 0.29) is 5.92 Å². The zero-order valence-electron chi connectivity index (χ0n) is 9.84. The molecule has 0 spiro atoms. The zero-order valence-corrected chi connectivity index (χ0v) is 10.7. The second-order valence-corrected chi connectivity index (χ2v) is 5.62. The van der Waals surface area contributed by atoms with Crippen LogP contribution in [0.5, 0.6) is 0 Å². The van der Waals surface area contributed by atoms with Gasteiger partial charge in [-0.2, -0.15) is 5.10 Å². The van der Waals surface area contributed by atoms with Crippen LogP contribution in [0.1, 0.15) is 41.0 Å². The SMILES string of the molecule is Cn1nccc1C(O)C1CCCc2sccc21. The van der Waals surface area contributed by atoms with Crippen LogP contribution in [0.4, 0.5) is 0 Å². The van der Waals surface area contributed by atoms with Crippen molar-refractivity contribution in [1.82, 2.24) is 9.78 Å². The third-order valence-electron chi connectivity index (χ3n) is 3.64. The maximum absolute atomic E-state index is 10.5. The van der Waals surface area contributed by atoms with E-state index in [1.165, 1.54) is 23.3 Å². The highest BCUT2D eigenvalue weighted by molar-refractivity contribution is 7.10. The fourth-order valence-corrected chi connectivity index (χ4v) is 3.73. The Balaban J connectivity index is 1.94. The van der Waals surface area contributed by atoms with Crippen molar-refractivity contribution in [3.05, 3.63) is 39.8 Å². The van der Waals surface area contributed by atoms with E-state index in [0.29, 0.717) is 0 Å². The maximum atomic E-state index is 10.5. The van der Waals surface area contributed by atoms with Crippen molar-refractivity contribution in [2.24, 2.45) is 7.05 Å². The minimum Gasteiger partial charge on any atom is -0.386 e. The van der Waals surface area contributed by atoms with Crippen LogP contribution in [0, 0.1) is 0 Å². The lowest BCUT2D eigenvalue weighted by Gasteiger charge is -2.27. The monoisotopic (exact) mass is 248 g/mol. The zero-order chi connectivity index (χ0) is 11.8. The molecule has 0 radical (unpaired) electrons. The smallest absolute Gasteiger partial charge is 0.102 e. The van der Waals surface area contributed by atoms with Gasteiger partial charge in [0.1, 0.15) is 6.10 Å². The molecule has 2 heterocycles. The maximum Gasteiger partial charge on any atom is 0.102 e. The number of thiophene rings is 1. The molecule has 0 aromatic carbocycles. The van der Waals surface area contributed by atoms with Gasteiger partial charge in [-0.15, -0.1) is 11.3 Å². The van der Waals surface area contributed by atoms with Crippen molar-refractivity contribution < 1.29 is 5.11 Å². The van der Waals surface area contributed by atoms with Crippen LogP contribution in [0.3, 0.4) is 0 Å². The van der Waals surface area contributed by atoms with Crippen LogP contribution in [-0.2, 0) is 13.5 Å². The molecule has 2 unspecified atom stereocenters. The van der Waals surface area contributed by atoms with Gasteiger partial charge in [-0.05, 0) is 42.3 Å². The molecule has 1 N–H and O–H groups in total. The normalized spacial score (nSPS) is 21.2. The second-order valence-electron chi connectivity index (χ2n) is 4.62. The van der Waals surface area contributed by atoms with E-state index in [9.17, 15) is 5.11 Å². The number of hydrogen-bond donors (Lipinski definition) is 1. The van der Waals surface area contributed by atoms with Gasteiger partial charge in [-0.1, -0.05) is 0 Å². The summed E-state index contributed by atoms with van der Waals surface area (Å²) in [5.41, 5.74) is 2.25. The van der Waals surface area contributed by atoms with Gasteiger partial charge in [0.15, 0.2) is 0 Å². The van der Waals surface area contributed by atoms with Gasteiger partial charge in [-0.3, -0.25) is 4.68 Å². The van der Waals surface area contributed by atoms with Crippen molar-refractivity contribution in [1.29, 1.82) is 0 Å². The third kappa shape index (κ3) is 1.81. The van der Waals surface area contributed by atoms with Gasteiger partial charge in [0.05, 0.1) is 5.69 Å². The molecule has 3 nitrogen and oxygen atoms in total. The van der Waals surface area contributed by atoms with Crippen molar-refractivity contribution in [3.8, 4) is 0 Å². The fraction of sp³-hybridized carbons (Fsp3) is 0.462. The Labute approximate surface area is 105 Å². The summed E-state index contributed by atoms with van der Waals surface area (Å²) in [5, 5.41) is 16.8. The summed E-state index contributed by atoms with van der Waals surface area (Å²) in [4.78, 5) is 1.45. The summed E-state index contributed by atoms with van der Waals surface area (Å²) in [6, 6.07) is 4.08. The first-order chi connectivity index (χ1) is 8.27. The molecule has 90 valence electrons. The van der Waals surface area contributed by atoms with E-state index >= 15 is 0 Å². The van der Waals surface area contributed by atoms with Gasteiger partial charge in [0, 0.05) is 24.0 Å². The molecule has 0 amide bonds. The lowest BCUT2D eigenvalue weighted by molar-refractivity contribution is 0.128. The van der Waals surface area contributed by atoms with Gasteiger partial charge in [0.2, 0.25) is 0 Å². The number of rotatable bonds is 2. The average Bonchev–Trinajstić information content (AvgIpc) is 2.95. The van der Waals surface area contributed by atoms with Crippen molar-refractivity contribution in [2.75, 3.05) is 0 Å². The summed E-state index contributed by atoms with van der Waals surface area (Å²) in [7, 11) is 1.88. The second kappa shape index (κ2) is 4.27. The predicted molar refractivity (Wildman–Crippen MR) is 68.2 cm³/mol. The van der Waals surface area contributed by atoms with Gasteiger partial charge in [-0.25, -0.2) is 0 Å². The fourth-order valence-electron chi connectivity index (χ4n) is 2.73. The van der Waals surface area contributed by atoms with Gasteiger partial charge >= 0.3 is 0 Å². The van der Waals surface area contributed by atoms with Crippen LogP contribution in [-0.4, -0.2) is 14.9 Å². The molecule has 2 aromatic rings. The molecule has 0 bridgehead atoms. The van der Waals surface area contributed by atoms with E-state index in [1.807, 2.05) is 24.5 Å². The molecular weight excluding hydrogens is 232 g/mol. The Hall–Kier alpha value is -1.13. The topological polar surface area (TPSA) is 38.0 Å². The van der Waals surface area contributed by atoms with Crippen LogP contribution in [0.15, 0.2) is 23.7 Å². The predicted octanol–water partition coefficient (Wildman–Crippen LogP) is 2.64. The largest absolute Gasteiger partial charge is 0.386 e. The third-order valence-corrected chi connectivity index (χ3v) is 4.64. The van der Waals surface area contributed by atoms with Crippen molar-refractivity contribution in [2.45, 2.75) is 31.3 Å². The van der Waals surface area contributed by atoms with Crippen molar-refractivity contribution in [3.63, 3.8) is 0 Å². The van der Waals surface area contributed by atoms with Gasteiger partial charge < -0.3 is 5.11 Å². The van der Waals surface area contributed by atoms with Crippen LogP contribution in [0.2, 0.25) is 0 Å². The van der Waals surface area contributed by atoms with Crippen LogP contribution in [0.25, 0.3) is 0 Å². The Morgan fingerprint density at radius 1 is 1.53 bits per heavy atom. The highest BCUT2D eigenvalue weighted by Gasteiger charge is 2.29. The van der Waals surface area contributed by atoms with Crippen molar-refractivity contribution >= 4 is 11.3 Å². The summed E-state index contributed by atoms with van der Waals surface area (Å²) >= 11 is 1.81. The molecule has 1 aliphatic carbocycles. The lowest BCUT2D eigenvalue weighted by Crippen LogP contribution is -2.17. The number of nitrogens with zero attached hydrogens (tertiary/aromatic N) is 2. The molecule has 0 fully saturated rings. The minimum atomic E-state index is -0.434. The summed E-state index contributed by atoms with van der Waals surface area (Å²) in [5.74, 6) is 0.236. The molecule has 3 rings (SSSR count). The molecule has 0 aliphatic heterocycles. The molecular formula is C13H16N2OS. The van der Waals surface area contributed by atoms with E-state index in [1.54, 1.807) is 10.9 Å². The Morgan fingerprint density at radius 3 is 3.18 bits per heavy atom. The summed E-state index contributed by atoms with van der Waals surface area (Å²) < 4.78 is 1.77. The lowest BCUT2D eigenvalue weighted by atomic mass is 9.83. The van der Waals surface area contributed by atoms with E-state index in [2.05, 4.69) is 16.5 Å².